The number of para-hydroxylation sites is 1. The Kier molecular flexibility index (Phi) is 3.18. The van der Waals surface area contributed by atoms with E-state index in [2.05, 4.69) is 15.2 Å². The van der Waals surface area contributed by atoms with Gasteiger partial charge in [0.25, 0.3) is 5.91 Å². The number of fused-ring (bicyclic) bond motifs is 1. The summed E-state index contributed by atoms with van der Waals surface area (Å²) in [6, 6.07) is 7.75. The van der Waals surface area contributed by atoms with Gasteiger partial charge in [-0.1, -0.05) is 18.2 Å². The molecule has 1 aliphatic rings. The van der Waals surface area contributed by atoms with E-state index in [9.17, 15) is 4.79 Å². The summed E-state index contributed by atoms with van der Waals surface area (Å²) in [6.07, 6.45) is 3.93. The maximum absolute atomic E-state index is 13.0. The van der Waals surface area contributed by atoms with Gasteiger partial charge in [-0.2, -0.15) is 5.10 Å². The van der Waals surface area contributed by atoms with Crippen molar-refractivity contribution in [1.29, 1.82) is 0 Å². The smallest absolute Gasteiger partial charge is 0.275 e. The monoisotopic (exact) mass is 309 g/mol. The van der Waals surface area contributed by atoms with E-state index in [0.717, 1.165) is 41.8 Å². The highest BCUT2D eigenvalue weighted by Crippen LogP contribution is 2.33. The number of aromatic amines is 1. The van der Waals surface area contributed by atoms with Gasteiger partial charge in [-0.25, -0.2) is 4.98 Å². The normalized spacial score (nSPS) is 18.0. The van der Waals surface area contributed by atoms with Gasteiger partial charge in [0, 0.05) is 25.2 Å². The molecule has 6 nitrogen and oxygen atoms in total. The van der Waals surface area contributed by atoms with Gasteiger partial charge in [-0.15, -0.1) is 0 Å². The number of hydrogen-bond acceptors (Lipinski definition) is 3. The highest BCUT2D eigenvalue weighted by Gasteiger charge is 2.34. The minimum Gasteiger partial charge on any atom is -0.336 e. The van der Waals surface area contributed by atoms with Crippen LogP contribution in [0, 0.1) is 6.92 Å². The summed E-state index contributed by atoms with van der Waals surface area (Å²) < 4.78 is 2.02. The average molecular weight is 309 g/mol. The molecule has 0 bridgehead atoms. The molecule has 0 radical (unpaired) electrons. The highest BCUT2D eigenvalue weighted by atomic mass is 16.2. The first-order chi connectivity index (χ1) is 11.1. The molecule has 0 aliphatic carbocycles. The number of aryl methyl sites for hydroxylation is 2. The van der Waals surface area contributed by atoms with Crippen LogP contribution in [0.4, 0.5) is 0 Å². The third kappa shape index (κ3) is 2.21. The summed E-state index contributed by atoms with van der Waals surface area (Å²) in [6.45, 7) is 2.72. The van der Waals surface area contributed by atoms with Crippen LogP contribution < -0.4 is 0 Å². The van der Waals surface area contributed by atoms with Gasteiger partial charge in [-0.05, 0) is 25.8 Å². The molecule has 3 heterocycles. The topological polar surface area (TPSA) is 66.8 Å². The van der Waals surface area contributed by atoms with Crippen molar-refractivity contribution >= 4 is 16.8 Å². The predicted molar refractivity (Wildman–Crippen MR) is 87.1 cm³/mol. The van der Waals surface area contributed by atoms with Crippen LogP contribution in [0.2, 0.25) is 0 Å². The van der Waals surface area contributed by atoms with Gasteiger partial charge < -0.3 is 9.47 Å². The Hall–Kier alpha value is -2.63. The molecule has 0 saturated carbocycles. The quantitative estimate of drug-likeness (QED) is 0.791. The van der Waals surface area contributed by atoms with Crippen LogP contribution in [0.15, 0.2) is 30.5 Å². The Balaban J connectivity index is 1.71. The van der Waals surface area contributed by atoms with E-state index < -0.39 is 0 Å². The molecule has 1 amide bonds. The van der Waals surface area contributed by atoms with Crippen molar-refractivity contribution in [2.75, 3.05) is 6.54 Å². The lowest BCUT2D eigenvalue weighted by molar-refractivity contribution is 0.0724. The predicted octanol–water partition coefficient (Wildman–Crippen LogP) is 2.58. The van der Waals surface area contributed by atoms with Crippen LogP contribution in [-0.4, -0.2) is 37.1 Å². The van der Waals surface area contributed by atoms with Gasteiger partial charge in [0.15, 0.2) is 5.69 Å². The molecule has 3 aromatic rings. The zero-order valence-corrected chi connectivity index (χ0v) is 13.3. The van der Waals surface area contributed by atoms with Crippen molar-refractivity contribution in [3.63, 3.8) is 0 Å². The van der Waals surface area contributed by atoms with Crippen molar-refractivity contribution in [1.82, 2.24) is 24.6 Å². The van der Waals surface area contributed by atoms with Crippen LogP contribution in [0.25, 0.3) is 10.9 Å². The van der Waals surface area contributed by atoms with Crippen molar-refractivity contribution < 1.29 is 4.79 Å². The minimum absolute atomic E-state index is 0.0226. The van der Waals surface area contributed by atoms with Crippen LogP contribution in [-0.2, 0) is 7.05 Å². The van der Waals surface area contributed by atoms with Crippen molar-refractivity contribution in [2.45, 2.75) is 25.8 Å². The van der Waals surface area contributed by atoms with E-state index in [1.807, 2.05) is 53.9 Å². The minimum atomic E-state index is -0.0226. The molecule has 1 N–H and O–H groups in total. The second kappa shape index (κ2) is 5.22. The van der Waals surface area contributed by atoms with Crippen molar-refractivity contribution in [2.24, 2.45) is 7.05 Å². The molecule has 0 unspecified atom stereocenters. The van der Waals surface area contributed by atoms with Gasteiger partial charge in [0.2, 0.25) is 0 Å². The molecule has 1 aromatic carbocycles. The summed E-state index contributed by atoms with van der Waals surface area (Å²) in [5.41, 5.74) is 2.37. The standard InChI is InChI=1S/C17H19N5O/c1-11-10-21(2)16(18-11)14-8-5-9-22(14)17(23)15-12-6-3-4-7-13(12)19-20-15/h3-4,6-7,10,14H,5,8-9H2,1-2H3,(H,19,20)/t14-/m1/s1. The fourth-order valence-electron chi connectivity index (χ4n) is 3.49. The Morgan fingerprint density at radius 1 is 1.35 bits per heavy atom. The molecule has 23 heavy (non-hydrogen) atoms. The number of nitrogens with one attached hydrogen (secondary N) is 1. The second-order valence-corrected chi connectivity index (χ2v) is 6.13. The number of benzene rings is 1. The van der Waals surface area contributed by atoms with E-state index in [1.54, 1.807) is 0 Å². The van der Waals surface area contributed by atoms with Crippen LogP contribution in [0.5, 0.6) is 0 Å². The van der Waals surface area contributed by atoms with Gasteiger partial charge >= 0.3 is 0 Å². The fraction of sp³-hybridized carbons (Fsp3) is 0.353. The molecule has 118 valence electrons. The number of carbonyl (C=O) groups excluding carboxylic acids is 1. The second-order valence-electron chi connectivity index (χ2n) is 6.13. The number of carbonyl (C=O) groups is 1. The fourth-order valence-corrected chi connectivity index (χ4v) is 3.49. The molecular weight excluding hydrogens is 290 g/mol. The summed E-state index contributed by atoms with van der Waals surface area (Å²) >= 11 is 0. The lowest BCUT2D eigenvalue weighted by Gasteiger charge is -2.23. The van der Waals surface area contributed by atoms with E-state index >= 15 is 0 Å². The lowest BCUT2D eigenvalue weighted by atomic mass is 10.1. The molecular formula is C17H19N5O. The number of H-pyrrole nitrogens is 1. The van der Waals surface area contributed by atoms with Crippen LogP contribution in [0.3, 0.4) is 0 Å². The number of hydrogen-bond donors (Lipinski definition) is 1. The van der Waals surface area contributed by atoms with Gasteiger partial charge in [0.05, 0.1) is 17.3 Å². The van der Waals surface area contributed by atoms with E-state index in [1.165, 1.54) is 0 Å². The average Bonchev–Trinajstić information content (AvgIpc) is 3.24. The Morgan fingerprint density at radius 2 is 2.17 bits per heavy atom. The molecule has 6 heteroatoms. The third-order valence-electron chi connectivity index (χ3n) is 4.52. The number of likely N-dealkylation sites (tertiary alicyclic amines) is 1. The van der Waals surface area contributed by atoms with E-state index in [4.69, 9.17) is 0 Å². The molecule has 1 atom stereocenters. The van der Waals surface area contributed by atoms with E-state index in [-0.39, 0.29) is 11.9 Å². The first-order valence-corrected chi connectivity index (χ1v) is 7.89. The Morgan fingerprint density at radius 3 is 2.96 bits per heavy atom. The first-order valence-electron chi connectivity index (χ1n) is 7.89. The lowest BCUT2D eigenvalue weighted by Crippen LogP contribution is -2.32. The number of aromatic nitrogens is 4. The Labute approximate surface area is 134 Å². The van der Waals surface area contributed by atoms with Crippen LogP contribution in [0.1, 0.15) is 40.9 Å². The molecule has 4 rings (SSSR count). The molecule has 1 saturated heterocycles. The number of amides is 1. The summed E-state index contributed by atoms with van der Waals surface area (Å²) in [7, 11) is 1.99. The number of imidazole rings is 1. The van der Waals surface area contributed by atoms with Crippen molar-refractivity contribution in [3.05, 3.63) is 47.7 Å². The largest absolute Gasteiger partial charge is 0.336 e. The van der Waals surface area contributed by atoms with Crippen molar-refractivity contribution in [3.8, 4) is 0 Å². The number of nitrogens with zero attached hydrogens (tertiary/aromatic N) is 4. The number of rotatable bonds is 2. The highest BCUT2D eigenvalue weighted by molar-refractivity contribution is 6.04. The van der Waals surface area contributed by atoms with Gasteiger partial charge in [0.1, 0.15) is 5.82 Å². The zero-order chi connectivity index (χ0) is 16.0. The maximum Gasteiger partial charge on any atom is 0.275 e. The maximum atomic E-state index is 13.0. The summed E-state index contributed by atoms with van der Waals surface area (Å²) in [5.74, 6) is 0.929. The first kappa shape index (κ1) is 14.0. The Bertz CT molecular complexity index is 878. The summed E-state index contributed by atoms with van der Waals surface area (Å²) in [5, 5.41) is 8.07. The third-order valence-corrected chi connectivity index (χ3v) is 4.52. The van der Waals surface area contributed by atoms with Crippen LogP contribution >= 0.6 is 0 Å². The molecule has 2 aromatic heterocycles. The molecule has 1 aliphatic heterocycles. The van der Waals surface area contributed by atoms with E-state index in [0.29, 0.717) is 5.69 Å². The summed E-state index contributed by atoms with van der Waals surface area (Å²) in [4.78, 5) is 19.5. The van der Waals surface area contributed by atoms with Gasteiger partial charge in [-0.3, -0.25) is 9.89 Å². The SMILES string of the molecule is Cc1cn(C)c([C@H]2CCCN2C(=O)c2n[nH]c3ccccc23)n1. The zero-order valence-electron chi connectivity index (χ0n) is 13.3. The molecule has 0 spiro atoms. The molecule has 1 fully saturated rings.